The van der Waals surface area contributed by atoms with Gasteiger partial charge in [-0.1, -0.05) is 37.6 Å². The van der Waals surface area contributed by atoms with Gasteiger partial charge in [-0.3, -0.25) is 4.79 Å². The molecule has 2 aromatic carbocycles. The fourth-order valence-electron chi connectivity index (χ4n) is 2.50. The number of hydrogen-bond donors (Lipinski definition) is 1. The number of rotatable bonds is 8. The Morgan fingerprint density at radius 2 is 1.83 bits per heavy atom. The maximum absolute atomic E-state index is 12.7. The Hall–Kier alpha value is -3.09. The summed E-state index contributed by atoms with van der Waals surface area (Å²) in [6.07, 6.45) is 0.884. The quantitative estimate of drug-likeness (QED) is 0.483. The number of carbonyl (C=O) groups excluding carboxylic acids is 2. The Labute approximate surface area is 167 Å². The maximum atomic E-state index is 12.7. The minimum Gasteiger partial charge on any atom is -0.452 e. The van der Waals surface area contributed by atoms with Crippen molar-refractivity contribution in [1.82, 2.24) is 0 Å². The van der Waals surface area contributed by atoms with Gasteiger partial charge in [-0.25, -0.2) is 4.79 Å². The molecule has 0 unspecified atom stereocenters. The highest BCUT2D eigenvalue weighted by Crippen LogP contribution is 2.29. The molecule has 0 radical (unpaired) electrons. The Balaban J connectivity index is 1.81. The van der Waals surface area contributed by atoms with Crippen molar-refractivity contribution in [3.05, 3.63) is 71.3 Å². The zero-order chi connectivity index (χ0) is 21.3. The van der Waals surface area contributed by atoms with Gasteiger partial charge in [0, 0.05) is 11.8 Å². The van der Waals surface area contributed by atoms with Crippen molar-refractivity contribution in [3.63, 3.8) is 0 Å². The van der Waals surface area contributed by atoms with E-state index in [-0.39, 0.29) is 5.56 Å². The number of alkyl halides is 3. The number of nitrogens with one attached hydrogen (secondary N) is 1. The first-order valence-electron chi connectivity index (χ1n) is 9.19. The summed E-state index contributed by atoms with van der Waals surface area (Å²) in [7, 11) is 0. The Kier molecular flexibility index (Phi) is 8.00. The standard InChI is InChI=1S/C22H22F3NO3/c1-2-3-5-16-8-11-19(12-9-16)26-20(27)15-29-21(28)13-10-17-6-4-7-18(14-17)22(23,24)25/h4,6-14H,2-3,5,15H2,1H3,(H,26,27)/b13-10+. The van der Waals surface area contributed by atoms with Gasteiger partial charge in [0.2, 0.25) is 0 Å². The highest BCUT2D eigenvalue weighted by Gasteiger charge is 2.30. The summed E-state index contributed by atoms with van der Waals surface area (Å²) in [6, 6.07) is 11.9. The molecule has 0 aliphatic carbocycles. The lowest BCUT2D eigenvalue weighted by molar-refractivity contribution is -0.142. The molecule has 0 aromatic heterocycles. The molecule has 29 heavy (non-hydrogen) atoms. The highest BCUT2D eigenvalue weighted by molar-refractivity contribution is 5.94. The van der Waals surface area contributed by atoms with E-state index in [1.165, 1.54) is 23.8 Å². The largest absolute Gasteiger partial charge is 0.452 e. The van der Waals surface area contributed by atoms with Crippen molar-refractivity contribution < 1.29 is 27.5 Å². The van der Waals surface area contributed by atoms with E-state index in [2.05, 4.69) is 12.2 Å². The van der Waals surface area contributed by atoms with Crippen molar-refractivity contribution in [2.24, 2.45) is 0 Å². The van der Waals surface area contributed by atoms with E-state index in [1.807, 2.05) is 12.1 Å². The molecule has 1 N–H and O–H groups in total. The van der Waals surface area contributed by atoms with E-state index < -0.39 is 30.2 Å². The van der Waals surface area contributed by atoms with Gasteiger partial charge in [-0.05, 0) is 54.3 Å². The summed E-state index contributed by atoms with van der Waals surface area (Å²) in [5.74, 6) is -1.33. The van der Waals surface area contributed by atoms with Crippen molar-refractivity contribution >= 4 is 23.6 Å². The Morgan fingerprint density at radius 3 is 2.48 bits per heavy atom. The van der Waals surface area contributed by atoms with Crippen LogP contribution in [-0.4, -0.2) is 18.5 Å². The third-order valence-corrected chi connectivity index (χ3v) is 4.03. The molecule has 0 bridgehead atoms. The summed E-state index contributed by atoms with van der Waals surface area (Å²) in [4.78, 5) is 23.6. The summed E-state index contributed by atoms with van der Waals surface area (Å²) in [5.41, 5.74) is 1.15. The van der Waals surface area contributed by atoms with Gasteiger partial charge in [-0.2, -0.15) is 13.2 Å². The first kappa shape index (κ1) is 22.2. The molecule has 154 valence electrons. The minimum atomic E-state index is -4.46. The first-order valence-corrected chi connectivity index (χ1v) is 9.19. The zero-order valence-corrected chi connectivity index (χ0v) is 16.0. The molecule has 0 saturated carbocycles. The molecule has 1 amide bonds. The number of halogens is 3. The summed E-state index contributed by atoms with van der Waals surface area (Å²) in [5, 5.41) is 2.61. The number of ether oxygens (including phenoxy) is 1. The summed E-state index contributed by atoms with van der Waals surface area (Å²) >= 11 is 0. The normalized spacial score (nSPS) is 11.4. The Morgan fingerprint density at radius 1 is 1.10 bits per heavy atom. The molecular formula is C22H22F3NO3. The van der Waals surface area contributed by atoms with Crippen LogP contribution in [0.3, 0.4) is 0 Å². The van der Waals surface area contributed by atoms with Crippen LogP contribution in [0.5, 0.6) is 0 Å². The molecule has 0 spiro atoms. The van der Waals surface area contributed by atoms with Gasteiger partial charge in [0.25, 0.3) is 5.91 Å². The number of anilines is 1. The molecular weight excluding hydrogens is 383 g/mol. The maximum Gasteiger partial charge on any atom is 0.416 e. The van der Waals surface area contributed by atoms with Gasteiger partial charge in [0.05, 0.1) is 5.56 Å². The van der Waals surface area contributed by atoms with Crippen LogP contribution >= 0.6 is 0 Å². The van der Waals surface area contributed by atoms with Crippen LogP contribution in [-0.2, 0) is 26.9 Å². The first-order chi connectivity index (χ1) is 13.8. The second-order valence-electron chi connectivity index (χ2n) is 6.41. The van der Waals surface area contributed by atoms with Crippen molar-refractivity contribution in [1.29, 1.82) is 0 Å². The van der Waals surface area contributed by atoms with E-state index in [0.29, 0.717) is 5.69 Å². The van der Waals surface area contributed by atoms with Crippen LogP contribution < -0.4 is 5.32 Å². The topological polar surface area (TPSA) is 55.4 Å². The van der Waals surface area contributed by atoms with Gasteiger partial charge in [-0.15, -0.1) is 0 Å². The average Bonchev–Trinajstić information content (AvgIpc) is 2.70. The highest BCUT2D eigenvalue weighted by atomic mass is 19.4. The lowest BCUT2D eigenvalue weighted by atomic mass is 10.1. The Bertz CT molecular complexity index is 858. The SMILES string of the molecule is CCCCc1ccc(NC(=O)COC(=O)/C=C/c2cccc(C(F)(F)F)c2)cc1. The molecule has 0 aliphatic rings. The van der Waals surface area contributed by atoms with Crippen LogP contribution in [0.1, 0.15) is 36.5 Å². The van der Waals surface area contributed by atoms with E-state index in [1.54, 1.807) is 12.1 Å². The second kappa shape index (κ2) is 10.5. The fourth-order valence-corrected chi connectivity index (χ4v) is 2.50. The molecule has 0 aliphatic heterocycles. The number of carbonyl (C=O) groups is 2. The molecule has 2 aromatic rings. The molecule has 2 rings (SSSR count). The fraction of sp³-hybridized carbons (Fsp3) is 0.273. The van der Waals surface area contributed by atoms with Crippen molar-refractivity contribution in [2.45, 2.75) is 32.4 Å². The predicted octanol–water partition coefficient (Wildman–Crippen LogP) is 5.24. The lowest BCUT2D eigenvalue weighted by Gasteiger charge is -2.07. The van der Waals surface area contributed by atoms with Crippen LogP contribution in [0.2, 0.25) is 0 Å². The van der Waals surface area contributed by atoms with Gasteiger partial charge in [0.15, 0.2) is 6.61 Å². The van der Waals surface area contributed by atoms with E-state index >= 15 is 0 Å². The molecule has 4 nitrogen and oxygen atoms in total. The van der Waals surface area contributed by atoms with Crippen LogP contribution in [0.25, 0.3) is 6.08 Å². The summed E-state index contributed by atoms with van der Waals surface area (Å²) in [6.45, 7) is 1.62. The van der Waals surface area contributed by atoms with Gasteiger partial charge >= 0.3 is 12.1 Å². The number of esters is 1. The van der Waals surface area contributed by atoms with E-state index in [4.69, 9.17) is 4.74 Å². The molecule has 7 heteroatoms. The number of hydrogen-bond acceptors (Lipinski definition) is 3. The number of benzene rings is 2. The van der Waals surface area contributed by atoms with Crippen molar-refractivity contribution in [3.8, 4) is 0 Å². The van der Waals surface area contributed by atoms with Gasteiger partial charge < -0.3 is 10.1 Å². The smallest absolute Gasteiger partial charge is 0.416 e. The van der Waals surface area contributed by atoms with Gasteiger partial charge in [0.1, 0.15) is 0 Å². The van der Waals surface area contributed by atoms with Crippen LogP contribution in [0.15, 0.2) is 54.6 Å². The summed E-state index contributed by atoms with van der Waals surface area (Å²) < 4.78 is 42.8. The van der Waals surface area contributed by atoms with E-state index in [9.17, 15) is 22.8 Å². The minimum absolute atomic E-state index is 0.199. The van der Waals surface area contributed by atoms with Crippen molar-refractivity contribution in [2.75, 3.05) is 11.9 Å². The van der Waals surface area contributed by atoms with Crippen LogP contribution in [0, 0.1) is 0 Å². The zero-order valence-electron chi connectivity index (χ0n) is 16.0. The average molecular weight is 405 g/mol. The molecule has 0 saturated heterocycles. The monoisotopic (exact) mass is 405 g/mol. The predicted molar refractivity (Wildman–Crippen MR) is 105 cm³/mol. The molecule has 0 atom stereocenters. The lowest BCUT2D eigenvalue weighted by Crippen LogP contribution is -2.20. The third kappa shape index (κ3) is 7.81. The molecule has 0 fully saturated rings. The number of aryl methyl sites for hydroxylation is 1. The van der Waals surface area contributed by atoms with Crippen LogP contribution in [0.4, 0.5) is 18.9 Å². The third-order valence-electron chi connectivity index (χ3n) is 4.03. The van der Waals surface area contributed by atoms with E-state index in [0.717, 1.165) is 37.5 Å². The second-order valence-corrected chi connectivity index (χ2v) is 6.41. The molecule has 0 heterocycles. The number of amides is 1. The number of unbranched alkanes of at least 4 members (excludes halogenated alkanes) is 1.